The number of hydrogen-bond acceptors (Lipinski definition) is 3. The van der Waals surface area contributed by atoms with Gasteiger partial charge >= 0.3 is 0 Å². The molecule has 0 amide bonds. The van der Waals surface area contributed by atoms with E-state index in [1.807, 2.05) is 36.9 Å². The molecule has 4 aromatic rings. The number of rotatable bonds is 10. The number of nitrogens with zero attached hydrogens (tertiary/aromatic N) is 2. The molecule has 0 aliphatic carbocycles. The van der Waals surface area contributed by atoms with Gasteiger partial charge < -0.3 is 14.6 Å². The molecule has 31 heavy (non-hydrogen) atoms. The highest BCUT2D eigenvalue weighted by atomic mass is 16.5. The molecule has 4 nitrogen and oxygen atoms in total. The summed E-state index contributed by atoms with van der Waals surface area (Å²) in [6.07, 6.45) is 7.40. The average molecular weight is 410 g/mol. The lowest BCUT2D eigenvalue weighted by molar-refractivity contribution is 0.358. The summed E-state index contributed by atoms with van der Waals surface area (Å²) in [7, 11) is 0. The Balaban J connectivity index is 1.43. The van der Waals surface area contributed by atoms with Gasteiger partial charge in [-0.3, -0.25) is 0 Å². The molecule has 3 aromatic carbocycles. The van der Waals surface area contributed by atoms with Crippen molar-refractivity contribution in [2.75, 3.05) is 6.61 Å². The van der Waals surface area contributed by atoms with Gasteiger partial charge in [-0.05, 0) is 28.3 Å². The molecular formula is C27H27N3O. The van der Waals surface area contributed by atoms with Crippen LogP contribution in [0.1, 0.15) is 16.7 Å². The number of ether oxygens (including phenoxy) is 1. The summed E-state index contributed by atoms with van der Waals surface area (Å²) in [5.74, 6) is 0.900. The Morgan fingerprint density at radius 2 is 1.65 bits per heavy atom. The SMILES string of the molecule is C=CCOc1ccccc1CNCc1ccccc1-c1ccc(Cn2ccnc2)cc1. The van der Waals surface area contributed by atoms with Gasteiger partial charge in [-0.15, -0.1) is 0 Å². The van der Waals surface area contributed by atoms with Crippen LogP contribution in [0.3, 0.4) is 0 Å². The number of imidazole rings is 1. The van der Waals surface area contributed by atoms with E-state index in [-0.39, 0.29) is 0 Å². The normalized spacial score (nSPS) is 10.7. The lowest BCUT2D eigenvalue weighted by atomic mass is 9.98. The molecule has 1 N–H and O–H groups in total. The van der Waals surface area contributed by atoms with Crippen LogP contribution in [0.25, 0.3) is 11.1 Å². The smallest absolute Gasteiger partial charge is 0.124 e. The summed E-state index contributed by atoms with van der Waals surface area (Å²) in [5.41, 5.74) is 6.15. The summed E-state index contributed by atoms with van der Waals surface area (Å²) in [4.78, 5) is 4.11. The fraction of sp³-hybridized carbons (Fsp3) is 0.148. The number of hydrogen-bond donors (Lipinski definition) is 1. The van der Waals surface area contributed by atoms with Crippen LogP contribution in [0.4, 0.5) is 0 Å². The first-order valence-electron chi connectivity index (χ1n) is 10.5. The first-order chi connectivity index (χ1) is 15.3. The predicted octanol–water partition coefficient (Wildman–Crippen LogP) is 5.45. The molecule has 4 heteroatoms. The lowest BCUT2D eigenvalue weighted by Crippen LogP contribution is -2.14. The van der Waals surface area contributed by atoms with Gasteiger partial charge in [0.1, 0.15) is 12.4 Å². The molecule has 0 fully saturated rings. The molecule has 0 atom stereocenters. The van der Waals surface area contributed by atoms with Crippen molar-refractivity contribution in [3.05, 3.63) is 121 Å². The maximum Gasteiger partial charge on any atom is 0.124 e. The minimum Gasteiger partial charge on any atom is -0.489 e. The summed E-state index contributed by atoms with van der Waals surface area (Å²) in [5, 5.41) is 3.57. The second-order valence-electron chi connectivity index (χ2n) is 7.40. The number of nitrogens with one attached hydrogen (secondary N) is 1. The van der Waals surface area contributed by atoms with Crippen LogP contribution < -0.4 is 10.1 Å². The third kappa shape index (κ3) is 5.50. The van der Waals surface area contributed by atoms with E-state index in [4.69, 9.17) is 4.74 Å². The van der Waals surface area contributed by atoms with Gasteiger partial charge in [-0.1, -0.05) is 79.4 Å². The fourth-order valence-electron chi connectivity index (χ4n) is 3.61. The van der Waals surface area contributed by atoms with Gasteiger partial charge in [-0.25, -0.2) is 4.98 Å². The summed E-state index contributed by atoms with van der Waals surface area (Å²) in [6.45, 7) is 6.59. The number of benzene rings is 3. The number of aromatic nitrogens is 2. The van der Waals surface area contributed by atoms with Gasteiger partial charge in [0.15, 0.2) is 0 Å². The van der Waals surface area contributed by atoms with Crippen LogP contribution in [0.15, 0.2) is 104 Å². The standard InChI is InChI=1S/C27H27N3O/c1-2-17-31-27-10-6-4-8-25(27)19-29-18-24-7-3-5-9-26(24)23-13-11-22(12-14-23)20-30-16-15-28-21-30/h2-16,21,29H,1,17-20H2. The van der Waals surface area contributed by atoms with Crippen LogP contribution in [0.2, 0.25) is 0 Å². The molecular weight excluding hydrogens is 382 g/mol. The molecule has 1 heterocycles. The molecule has 0 radical (unpaired) electrons. The van der Waals surface area contributed by atoms with Crippen molar-refractivity contribution in [1.82, 2.24) is 14.9 Å². The van der Waals surface area contributed by atoms with E-state index in [9.17, 15) is 0 Å². The van der Waals surface area contributed by atoms with Crippen LogP contribution in [0, 0.1) is 0 Å². The molecule has 0 saturated heterocycles. The molecule has 0 bridgehead atoms. The van der Waals surface area contributed by atoms with Gasteiger partial charge in [0.2, 0.25) is 0 Å². The maximum absolute atomic E-state index is 5.77. The van der Waals surface area contributed by atoms with Crippen LogP contribution in [-0.4, -0.2) is 16.2 Å². The van der Waals surface area contributed by atoms with Crippen molar-refractivity contribution >= 4 is 0 Å². The average Bonchev–Trinajstić information content (AvgIpc) is 3.32. The lowest BCUT2D eigenvalue weighted by Gasteiger charge is -2.14. The molecule has 0 aliphatic heterocycles. The van der Waals surface area contributed by atoms with E-state index >= 15 is 0 Å². The van der Waals surface area contributed by atoms with Crippen molar-refractivity contribution in [3.63, 3.8) is 0 Å². The third-order valence-corrected chi connectivity index (χ3v) is 5.17. The van der Waals surface area contributed by atoms with E-state index in [0.29, 0.717) is 6.61 Å². The first kappa shape index (κ1) is 20.6. The largest absolute Gasteiger partial charge is 0.489 e. The Bertz CT molecular complexity index is 1100. The summed E-state index contributed by atoms with van der Waals surface area (Å²) < 4.78 is 7.84. The minimum absolute atomic E-state index is 0.511. The van der Waals surface area contributed by atoms with E-state index in [2.05, 4.69) is 76.0 Å². The Hall–Kier alpha value is -3.63. The van der Waals surface area contributed by atoms with Gasteiger partial charge in [0.25, 0.3) is 0 Å². The quantitative estimate of drug-likeness (QED) is 0.354. The zero-order chi connectivity index (χ0) is 21.3. The topological polar surface area (TPSA) is 39.1 Å². The highest BCUT2D eigenvalue weighted by Crippen LogP contribution is 2.25. The fourth-order valence-corrected chi connectivity index (χ4v) is 3.61. The Kier molecular flexibility index (Phi) is 6.93. The summed E-state index contributed by atoms with van der Waals surface area (Å²) in [6, 6.07) is 25.4. The van der Waals surface area contributed by atoms with Crippen molar-refractivity contribution in [2.45, 2.75) is 19.6 Å². The monoisotopic (exact) mass is 409 g/mol. The Morgan fingerprint density at radius 3 is 2.42 bits per heavy atom. The first-order valence-corrected chi connectivity index (χ1v) is 10.5. The second-order valence-corrected chi connectivity index (χ2v) is 7.40. The van der Waals surface area contributed by atoms with Gasteiger partial charge in [0, 0.05) is 37.6 Å². The highest BCUT2D eigenvalue weighted by molar-refractivity contribution is 5.67. The van der Waals surface area contributed by atoms with Crippen LogP contribution >= 0.6 is 0 Å². The minimum atomic E-state index is 0.511. The second kappa shape index (κ2) is 10.4. The number of para-hydroxylation sites is 1. The molecule has 0 unspecified atom stereocenters. The van der Waals surface area contributed by atoms with Crippen LogP contribution in [0.5, 0.6) is 5.75 Å². The van der Waals surface area contributed by atoms with Crippen molar-refractivity contribution in [1.29, 1.82) is 0 Å². The van der Waals surface area contributed by atoms with Gasteiger partial charge in [-0.2, -0.15) is 0 Å². The van der Waals surface area contributed by atoms with Gasteiger partial charge in [0.05, 0.1) is 6.33 Å². The Labute approximate surface area is 183 Å². The zero-order valence-corrected chi connectivity index (χ0v) is 17.6. The molecule has 156 valence electrons. The molecule has 4 rings (SSSR count). The molecule has 1 aromatic heterocycles. The third-order valence-electron chi connectivity index (χ3n) is 5.17. The maximum atomic E-state index is 5.77. The van der Waals surface area contributed by atoms with E-state index < -0.39 is 0 Å². The molecule has 0 saturated carbocycles. The van der Waals surface area contributed by atoms with E-state index in [0.717, 1.165) is 30.9 Å². The zero-order valence-electron chi connectivity index (χ0n) is 17.6. The van der Waals surface area contributed by atoms with Crippen molar-refractivity contribution < 1.29 is 4.74 Å². The van der Waals surface area contributed by atoms with Crippen LogP contribution in [-0.2, 0) is 19.6 Å². The van der Waals surface area contributed by atoms with Crippen molar-refractivity contribution in [3.8, 4) is 16.9 Å². The Morgan fingerprint density at radius 1 is 0.903 bits per heavy atom. The van der Waals surface area contributed by atoms with E-state index in [1.54, 1.807) is 6.08 Å². The molecule has 0 aliphatic rings. The van der Waals surface area contributed by atoms with E-state index in [1.165, 1.54) is 22.3 Å². The highest BCUT2D eigenvalue weighted by Gasteiger charge is 2.07. The summed E-state index contributed by atoms with van der Waals surface area (Å²) >= 11 is 0. The molecule has 0 spiro atoms. The predicted molar refractivity (Wildman–Crippen MR) is 126 cm³/mol. The van der Waals surface area contributed by atoms with Crippen molar-refractivity contribution in [2.24, 2.45) is 0 Å².